The minimum Gasteiger partial charge on any atom is -0.480 e. The van der Waals surface area contributed by atoms with Gasteiger partial charge in [0.15, 0.2) is 0 Å². The third-order valence-corrected chi connectivity index (χ3v) is 9.06. The zero-order valence-corrected chi connectivity index (χ0v) is 34.0. The monoisotopic (exact) mass is 750 g/mol. The number of carboxylic acid groups (broad SMARTS) is 1. The van der Waals surface area contributed by atoms with E-state index in [9.17, 15) is 29.1 Å². The van der Waals surface area contributed by atoms with Crippen molar-refractivity contribution in [3.05, 3.63) is 59.7 Å². The summed E-state index contributed by atoms with van der Waals surface area (Å²) in [6.45, 7) is 8.58. The highest BCUT2D eigenvalue weighted by Gasteiger charge is 2.41. The predicted octanol–water partition coefficient (Wildman–Crippen LogP) is 4.32. The van der Waals surface area contributed by atoms with Gasteiger partial charge in [-0.3, -0.25) is 29.2 Å². The summed E-state index contributed by atoms with van der Waals surface area (Å²) >= 11 is 0. The Labute approximate surface area is 319 Å². The molecule has 0 aliphatic rings. The molecule has 0 saturated carbocycles. The largest absolute Gasteiger partial charge is 0.480 e. The lowest BCUT2D eigenvalue weighted by molar-refractivity contribution is -0.157. The van der Waals surface area contributed by atoms with Gasteiger partial charge in [0.1, 0.15) is 24.2 Å². The summed E-state index contributed by atoms with van der Waals surface area (Å²) in [7, 11) is 13.0. The number of carbonyl (C=O) groups is 5. The third-order valence-electron chi connectivity index (χ3n) is 9.06. The molecule has 54 heavy (non-hydrogen) atoms. The lowest BCUT2D eigenvalue weighted by Gasteiger charge is -2.40. The minimum absolute atomic E-state index is 0.00930. The fraction of sp³-hybridized carbons (Fsp3) is 0.553. The van der Waals surface area contributed by atoms with E-state index < -0.39 is 53.8 Å². The van der Waals surface area contributed by atoms with Crippen molar-refractivity contribution in [2.24, 2.45) is 32.5 Å². The minimum atomic E-state index is -1.24. The average Bonchev–Trinajstić information content (AvgIpc) is 3.10. The third kappa shape index (κ3) is 12.3. The Hall–Kier alpha value is -5.41. The van der Waals surface area contributed by atoms with Crippen molar-refractivity contribution in [3.63, 3.8) is 0 Å². The van der Waals surface area contributed by atoms with Gasteiger partial charge in [-0.25, -0.2) is 4.79 Å². The summed E-state index contributed by atoms with van der Waals surface area (Å²) in [5.41, 5.74) is 2.56. The van der Waals surface area contributed by atoms with Crippen molar-refractivity contribution < 1.29 is 29.1 Å². The van der Waals surface area contributed by atoms with Gasteiger partial charge in [-0.05, 0) is 47.2 Å². The Morgan fingerprint density at radius 3 is 1.22 bits per heavy atom. The van der Waals surface area contributed by atoms with Crippen LogP contribution in [-0.4, -0.2) is 145 Å². The topological polar surface area (TPSA) is 174 Å². The SMILES string of the molecule is CC(=O)N(C)[C@H](C(=O)N(C)[C@H](Cc1ccc(/N=N/N(C)C)cc1)C(=O)N(C)[C@H](C(=O)N(C)[C@H](Cc1ccc(/N=N/N(C)C)cc1)C(=O)O)C(C)C)C(C)C. The summed E-state index contributed by atoms with van der Waals surface area (Å²) in [6.07, 6.45) is 0.0944. The first-order valence-corrected chi connectivity index (χ1v) is 17.8. The van der Waals surface area contributed by atoms with Crippen LogP contribution in [0.3, 0.4) is 0 Å². The molecule has 16 heteroatoms. The summed E-state index contributed by atoms with van der Waals surface area (Å²) in [5.74, 6) is -3.73. The van der Waals surface area contributed by atoms with Crippen LogP contribution in [0.15, 0.2) is 69.2 Å². The van der Waals surface area contributed by atoms with Crippen LogP contribution in [0.2, 0.25) is 0 Å². The number of amides is 4. The van der Waals surface area contributed by atoms with Crippen LogP contribution in [0.25, 0.3) is 0 Å². The fourth-order valence-corrected chi connectivity index (χ4v) is 5.99. The number of carboxylic acids is 1. The number of nitrogens with zero attached hydrogens (tertiary/aromatic N) is 10. The first-order valence-electron chi connectivity index (χ1n) is 17.8. The second-order valence-electron chi connectivity index (χ2n) is 14.5. The maximum atomic E-state index is 14.6. The van der Waals surface area contributed by atoms with E-state index in [1.54, 1.807) is 108 Å². The Morgan fingerprint density at radius 1 is 0.537 bits per heavy atom. The van der Waals surface area contributed by atoms with Crippen LogP contribution in [0.4, 0.5) is 11.4 Å². The number of likely N-dealkylation sites (N-methyl/N-ethyl adjacent to an activating group) is 4. The van der Waals surface area contributed by atoms with Crippen molar-refractivity contribution in [1.82, 2.24) is 29.6 Å². The standard InChI is InChI=1S/C38H58N10O6/c1-24(2)33(45(10)26(5)49)36(51)46(11)31(22-27-14-18-29(19-15-27)39-41-43(6)7)35(50)48(13)34(25(3)4)37(52)47(12)32(38(53)54)23-28-16-20-30(21-17-28)40-42-44(8)9/h14-21,24-25,31-34H,22-23H2,1-13H3,(H,53,54)/b41-39+,42-40+/t31-,32-,33+,34+/m1/s1. The molecule has 0 heterocycles. The van der Waals surface area contributed by atoms with Crippen LogP contribution < -0.4 is 0 Å². The van der Waals surface area contributed by atoms with Crippen LogP contribution in [0.1, 0.15) is 45.7 Å². The smallest absolute Gasteiger partial charge is 0.326 e. The molecule has 2 aromatic carbocycles. The molecular weight excluding hydrogens is 692 g/mol. The molecule has 0 bridgehead atoms. The molecule has 2 aromatic rings. The second kappa shape index (κ2) is 20.2. The first-order chi connectivity index (χ1) is 25.2. The fourth-order valence-electron chi connectivity index (χ4n) is 5.99. The maximum absolute atomic E-state index is 14.6. The van der Waals surface area contributed by atoms with E-state index in [1.165, 1.54) is 42.8 Å². The molecule has 0 aliphatic heterocycles. The van der Waals surface area contributed by atoms with Crippen LogP contribution in [0, 0.1) is 11.8 Å². The van der Waals surface area contributed by atoms with Crippen molar-refractivity contribution in [2.75, 3.05) is 56.4 Å². The highest BCUT2D eigenvalue weighted by Crippen LogP contribution is 2.23. The van der Waals surface area contributed by atoms with Gasteiger partial charge in [-0.1, -0.05) is 62.4 Å². The van der Waals surface area contributed by atoms with E-state index in [4.69, 9.17) is 0 Å². The predicted molar refractivity (Wildman–Crippen MR) is 206 cm³/mol. The van der Waals surface area contributed by atoms with Gasteiger partial charge in [-0.15, -0.1) is 10.2 Å². The molecule has 0 unspecified atom stereocenters. The van der Waals surface area contributed by atoms with Crippen LogP contribution >= 0.6 is 0 Å². The average molecular weight is 751 g/mol. The molecule has 1 N–H and O–H groups in total. The summed E-state index contributed by atoms with van der Waals surface area (Å²) in [4.78, 5) is 73.2. The quantitative estimate of drug-likeness (QED) is 0.173. The summed E-state index contributed by atoms with van der Waals surface area (Å²) < 4.78 is 0. The molecule has 16 nitrogen and oxygen atoms in total. The molecular formula is C38H58N10O6. The zero-order valence-electron chi connectivity index (χ0n) is 34.0. The molecule has 0 radical (unpaired) electrons. The molecule has 0 aliphatic carbocycles. The van der Waals surface area contributed by atoms with Crippen LogP contribution in [0.5, 0.6) is 0 Å². The lowest BCUT2D eigenvalue weighted by atomic mass is 9.95. The summed E-state index contributed by atoms with van der Waals surface area (Å²) in [5, 5.41) is 29.6. The highest BCUT2D eigenvalue weighted by molar-refractivity contribution is 5.95. The number of aliphatic carboxylic acids is 1. The number of hydrogen-bond donors (Lipinski definition) is 1. The van der Waals surface area contributed by atoms with Crippen molar-refractivity contribution in [2.45, 2.75) is 71.6 Å². The van der Waals surface area contributed by atoms with Crippen molar-refractivity contribution >= 4 is 41.0 Å². The molecule has 0 fully saturated rings. The zero-order chi connectivity index (χ0) is 41.0. The van der Waals surface area contributed by atoms with Crippen molar-refractivity contribution in [1.29, 1.82) is 0 Å². The molecule has 296 valence electrons. The first kappa shape index (κ1) is 44.7. The van der Waals surface area contributed by atoms with Gasteiger partial charge >= 0.3 is 5.97 Å². The van der Waals surface area contributed by atoms with E-state index >= 15 is 0 Å². The van der Waals surface area contributed by atoms with Gasteiger partial charge in [-0.2, -0.15) is 0 Å². The van der Waals surface area contributed by atoms with E-state index in [1.807, 2.05) is 13.8 Å². The molecule has 4 amide bonds. The number of rotatable bonds is 18. The molecule has 0 saturated heterocycles. The van der Waals surface area contributed by atoms with Crippen molar-refractivity contribution in [3.8, 4) is 0 Å². The molecule has 2 rings (SSSR count). The van der Waals surface area contributed by atoms with E-state index in [-0.39, 0.29) is 24.7 Å². The Balaban J connectivity index is 2.51. The number of carbonyl (C=O) groups excluding carboxylic acids is 4. The van der Waals surface area contributed by atoms with Gasteiger partial charge in [0.2, 0.25) is 23.6 Å². The van der Waals surface area contributed by atoms with Gasteiger partial charge in [0, 0.05) is 76.1 Å². The Morgan fingerprint density at radius 2 is 0.889 bits per heavy atom. The lowest BCUT2D eigenvalue weighted by Crippen LogP contribution is -2.60. The normalized spacial score (nSPS) is 13.8. The number of hydrogen-bond acceptors (Lipinski definition) is 9. The summed E-state index contributed by atoms with van der Waals surface area (Å²) in [6, 6.07) is 9.72. The van der Waals surface area contributed by atoms with Gasteiger partial charge in [0.25, 0.3) is 0 Å². The van der Waals surface area contributed by atoms with E-state index in [0.29, 0.717) is 16.9 Å². The van der Waals surface area contributed by atoms with Gasteiger partial charge in [0.05, 0.1) is 11.4 Å². The molecule has 0 spiro atoms. The van der Waals surface area contributed by atoms with Crippen LogP contribution in [-0.2, 0) is 36.8 Å². The van der Waals surface area contributed by atoms with E-state index in [2.05, 4.69) is 20.7 Å². The van der Waals surface area contributed by atoms with Gasteiger partial charge < -0.3 is 24.7 Å². The second-order valence-corrected chi connectivity index (χ2v) is 14.5. The van der Waals surface area contributed by atoms with E-state index in [0.717, 1.165) is 10.5 Å². The molecule has 0 aromatic heterocycles. The molecule has 4 atom stereocenters. The Bertz CT molecular complexity index is 1640. The highest BCUT2D eigenvalue weighted by atomic mass is 16.4. The number of benzene rings is 2. The Kier molecular flexibility index (Phi) is 16.7. The maximum Gasteiger partial charge on any atom is 0.326 e.